The van der Waals surface area contributed by atoms with Crippen molar-refractivity contribution >= 4 is 23.0 Å². The monoisotopic (exact) mass is 239 g/mol. The van der Waals surface area contributed by atoms with Crippen LogP contribution in [0.25, 0.3) is 0 Å². The predicted molar refractivity (Wildman–Crippen MR) is 69.7 cm³/mol. The van der Waals surface area contributed by atoms with E-state index in [1.165, 1.54) is 0 Å². The van der Waals surface area contributed by atoms with E-state index in [2.05, 4.69) is 17.2 Å². The standard InChI is InChI=1S/C11H17N3OS/c1-8(5-7-15-2)14-11-9(10(12)16)4-3-6-13-11/h3-4,6,8H,5,7H2,1-2H3,(H2,12,16)(H,13,14). The Morgan fingerprint density at radius 2 is 2.44 bits per heavy atom. The Bertz CT molecular complexity index is 357. The first-order valence-corrected chi connectivity index (χ1v) is 5.56. The van der Waals surface area contributed by atoms with Crippen LogP contribution in [0.15, 0.2) is 18.3 Å². The Hall–Kier alpha value is -1.20. The first-order chi connectivity index (χ1) is 7.65. The lowest BCUT2D eigenvalue weighted by Crippen LogP contribution is -2.21. The highest BCUT2D eigenvalue weighted by Gasteiger charge is 2.08. The summed E-state index contributed by atoms with van der Waals surface area (Å²) in [4.78, 5) is 4.58. The number of methoxy groups -OCH3 is 1. The summed E-state index contributed by atoms with van der Waals surface area (Å²) in [6.07, 6.45) is 2.62. The van der Waals surface area contributed by atoms with Crippen LogP contribution in [0.2, 0.25) is 0 Å². The van der Waals surface area contributed by atoms with E-state index in [-0.39, 0.29) is 6.04 Å². The van der Waals surface area contributed by atoms with E-state index in [0.29, 0.717) is 11.6 Å². The molecule has 0 saturated carbocycles. The van der Waals surface area contributed by atoms with Gasteiger partial charge in [0.05, 0.1) is 5.56 Å². The zero-order valence-electron chi connectivity index (χ0n) is 9.56. The number of rotatable bonds is 6. The van der Waals surface area contributed by atoms with Gasteiger partial charge in [0.1, 0.15) is 10.8 Å². The van der Waals surface area contributed by atoms with Crippen molar-refractivity contribution in [2.75, 3.05) is 19.0 Å². The van der Waals surface area contributed by atoms with Crippen LogP contribution < -0.4 is 11.1 Å². The van der Waals surface area contributed by atoms with Crippen LogP contribution in [0.4, 0.5) is 5.82 Å². The van der Waals surface area contributed by atoms with Crippen molar-refractivity contribution in [1.82, 2.24) is 4.98 Å². The van der Waals surface area contributed by atoms with Crippen LogP contribution in [0.5, 0.6) is 0 Å². The fourth-order valence-electron chi connectivity index (χ4n) is 1.32. The van der Waals surface area contributed by atoms with Gasteiger partial charge in [-0.05, 0) is 25.5 Å². The summed E-state index contributed by atoms with van der Waals surface area (Å²) in [5.41, 5.74) is 6.40. The SMILES string of the molecule is COCCC(C)Nc1ncccc1C(N)=S. The lowest BCUT2D eigenvalue weighted by molar-refractivity contribution is 0.191. The van der Waals surface area contributed by atoms with Gasteiger partial charge in [-0.2, -0.15) is 0 Å². The summed E-state index contributed by atoms with van der Waals surface area (Å²) in [5, 5.41) is 3.27. The second-order valence-corrected chi connectivity index (χ2v) is 4.03. The Labute approximate surface area is 101 Å². The first-order valence-electron chi connectivity index (χ1n) is 5.15. The van der Waals surface area contributed by atoms with Gasteiger partial charge >= 0.3 is 0 Å². The third-order valence-corrected chi connectivity index (χ3v) is 2.43. The topological polar surface area (TPSA) is 60.2 Å². The molecule has 3 N–H and O–H groups in total. The summed E-state index contributed by atoms with van der Waals surface area (Å²) in [6.45, 7) is 2.78. The van der Waals surface area contributed by atoms with Crippen molar-refractivity contribution in [1.29, 1.82) is 0 Å². The fraction of sp³-hybridized carbons (Fsp3) is 0.455. The molecule has 5 heteroatoms. The maximum absolute atomic E-state index is 5.62. The second-order valence-electron chi connectivity index (χ2n) is 3.59. The molecule has 1 unspecified atom stereocenters. The third kappa shape index (κ3) is 3.75. The van der Waals surface area contributed by atoms with Crippen LogP contribution in [0, 0.1) is 0 Å². The van der Waals surface area contributed by atoms with Crippen molar-refractivity contribution < 1.29 is 4.74 Å². The van der Waals surface area contributed by atoms with Gasteiger partial charge in [0.15, 0.2) is 0 Å². The highest BCUT2D eigenvalue weighted by atomic mass is 32.1. The van der Waals surface area contributed by atoms with Crippen molar-refractivity contribution in [3.63, 3.8) is 0 Å². The minimum absolute atomic E-state index is 0.267. The molecule has 0 saturated heterocycles. The second kappa shape index (κ2) is 6.40. The summed E-state index contributed by atoms with van der Waals surface area (Å²) >= 11 is 4.96. The van der Waals surface area contributed by atoms with Gasteiger partial charge in [-0.15, -0.1) is 0 Å². The van der Waals surface area contributed by atoms with Crippen LogP contribution >= 0.6 is 12.2 Å². The van der Waals surface area contributed by atoms with Gasteiger partial charge in [0.2, 0.25) is 0 Å². The fourth-order valence-corrected chi connectivity index (χ4v) is 1.48. The van der Waals surface area contributed by atoms with Gasteiger partial charge < -0.3 is 15.8 Å². The van der Waals surface area contributed by atoms with Gasteiger partial charge in [-0.25, -0.2) is 4.98 Å². The molecule has 0 fully saturated rings. The van der Waals surface area contributed by atoms with Crippen LogP contribution in [0.1, 0.15) is 18.9 Å². The molecule has 0 aromatic carbocycles. The lowest BCUT2D eigenvalue weighted by atomic mass is 10.2. The van der Waals surface area contributed by atoms with E-state index in [0.717, 1.165) is 17.8 Å². The molecule has 0 spiro atoms. The van der Waals surface area contributed by atoms with Crippen molar-refractivity contribution in [3.05, 3.63) is 23.9 Å². The molecule has 1 heterocycles. The molecule has 0 amide bonds. The van der Waals surface area contributed by atoms with Crippen molar-refractivity contribution in [2.24, 2.45) is 5.73 Å². The molecule has 16 heavy (non-hydrogen) atoms. The lowest BCUT2D eigenvalue weighted by Gasteiger charge is -2.16. The maximum Gasteiger partial charge on any atom is 0.136 e. The Morgan fingerprint density at radius 1 is 1.69 bits per heavy atom. The Balaban J connectivity index is 2.69. The highest BCUT2D eigenvalue weighted by molar-refractivity contribution is 7.80. The van der Waals surface area contributed by atoms with E-state index in [9.17, 15) is 0 Å². The maximum atomic E-state index is 5.62. The van der Waals surface area contributed by atoms with E-state index in [1.807, 2.05) is 12.1 Å². The number of anilines is 1. The van der Waals surface area contributed by atoms with E-state index in [4.69, 9.17) is 22.7 Å². The first kappa shape index (κ1) is 12.9. The molecule has 0 radical (unpaired) electrons. The molecule has 0 aliphatic rings. The highest BCUT2D eigenvalue weighted by Crippen LogP contribution is 2.13. The normalized spacial score (nSPS) is 12.1. The minimum Gasteiger partial charge on any atom is -0.389 e. The zero-order chi connectivity index (χ0) is 12.0. The number of nitrogens with one attached hydrogen (secondary N) is 1. The molecule has 1 aromatic rings. The van der Waals surface area contributed by atoms with Gasteiger partial charge in [-0.3, -0.25) is 0 Å². The van der Waals surface area contributed by atoms with Gasteiger partial charge in [0.25, 0.3) is 0 Å². The molecular formula is C11H17N3OS. The number of hydrogen-bond donors (Lipinski definition) is 2. The minimum atomic E-state index is 0.267. The van der Waals surface area contributed by atoms with Crippen molar-refractivity contribution in [2.45, 2.75) is 19.4 Å². The summed E-state index contributed by atoms with van der Waals surface area (Å²) < 4.78 is 5.02. The zero-order valence-corrected chi connectivity index (χ0v) is 10.4. The molecule has 0 aliphatic heterocycles. The van der Waals surface area contributed by atoms with Crippen LogP contribution in [-0.4, -0.2) is 29.7 Å². The van der Waals surface area contributed by atoms with Crippen LogP contribution in [0.3, 0.4) is 0 Å². The average molecular weight is 239 g/mol. The summed E-state index contributed by atoms with van der Waals surface area (Å²) in [7, 11) is 1.69. The van der Waals surface area contributed by atoms with E-state index in [1.54, 1.807) is 13.3 Å². The molecule has 88 valence electrons. The number of aromatic nitrogens is 1. The van der Waals surface area contributed by atoms with Crippen LogP contribution in [-0.2, 0) is 4.74 Å². The molecule has 4 nitrogen and oxygen atoms in total. The number of nitrogens with two attached hydrogens (primary N) is 1. The van der Waals surface area contributed by atoms with Gasteiger partial charge in [-0.1, -0.05) is 12.2 Å². The number of ether oxygens (including phenoxy) is 1. The summed E-state index contributed by atoms with van der Waals surface area (Å²) in [5.74, 6) is 0.735. The van der Waals surface area contributed by atoms with E-state index < -0.39 is 0 Å². The molecule has 1 atom stereocenters. The molecular weight excluding hydrogens is 222 g/mol. The predicted octanol–water partition coefficient (Wildman–Crippen LogP) is 1.55. The number of hydrogen-bond acceptors (Lipinski definition) is 4. The number of pyridine rings is 1. The largest absolute Gasteiger partial charge is 0.389 e. The quantitative estimate of drug-likeness (QED) is 0.738. The number of nitrogens with zero attached hydrogens (tertiary/aromatic N) is 1. The smallest absolute Gasteiger partial charge is 0.136 e. The van der Waals surface area contributed by atoms with Crippen molar-refractivity contribution in [3.8, 4) is 0 Å². The number of thiocarbonyl (C=S) groups is 1. The van der Waals surface area contributed by atoms with E-state index >= 15 is 0 Å². The molecule has 1 aromatic heterocycles. The molecule has 1 rings (SSSR count). The van der Waals surface area contributed by atoms with Gasteiger partial charge in [0, 0.05) is 26.0 Å². The average Bonchev–Trinajstić information content (AvgIpc) is 2.27. The summed E-state index contributed by atoms with van der Waals surface area (Å²) in [6, 6.07) is 3.95. The molecule has 0 aliphatic carbocycles. The third-order valence-electron chi connectivity index (χ3n) is 2.21. The molecule has 0 bridgehead atoms. The Kier molecular flexibility index (Phi) is 5.14. The Morgan fingerprint density at radius 3 is 3.06 bits per heavy atom.